The fourth-order valence-electron chi connectivity index (χ4n) is 5.22. The van der Waals surface area contributed by atoms with Crippen molar-refractivity contribution in [1.82, 2.24) is 20.2 Å². The summed E-state index contributed by atoms with van der Waals surface area (Å²) in [4.78, 5) is 23.5. The predicted molar refractivity (Wildman–Crippen MR) is 139 cm³/mol. The van der Waals surface area contributed by atoms with Gasteiger partial charge in [-0.05, 0) is 73.1 Å². The summed E-state index contributed by atoms with van der Waals surface area (Å²) in [5, 5.41) is 13.3. The normalized spacial score (nSPS) is 18.2. The Bertz CT molecular complexity index is 1130. The zero-order valence-electron chi connectivity index (χ0n) is 21.4. The molecule has 2 atom stereocenters. The van der Waals surface area contributed by atoms with Gasteiger partial charge in [-0.15, -0.1) is 0 Å². The first-order valence-corrected chi connectivity index (χ1v) is 12.6. The maximum Gasteiger partial charge on any atom is 0.319 e. The Hall–Kier alpha value is -3.13. The van der Waals surface area contributed by atoms with E-state index in [1.54, 1.807) is 0 Å². The highest BCUT2D eigenvalue weighted by atomic mass is 16.5. The SMILES string of the molecule is COC(=O)CNCc1ccc(CN2C(c3ncccc3C)CCC[C@H]2c2ncccc2C)c(CO)c1. The number of aryl methyl sites for hydroxylation is 2. The molecule has 4 rings (SSSR count). The lowest BCUT2D eigenvalue weighted by Crippen LogP contribution is -2.37. The van der Waals surface area contributed by atoms with E-state index in [2.05, 4.69) is 53.1 Å². The largest absolute Gasteiger partial charge is 0.468 e. The van der Waals surface area contributed by atoms with Crippen LogP contribution in [0.25, 0.3) is 0 Å². The topological polar surface area (TPSA) is 87.6 Å². The minimum atomic E-state index is -0.300. The number of carbonyl (C=O) groups excluding carboxylic acids is 1. The van der Waals surface area contributed by atoms with Crippen LogP contribution < -0.4 is 5.32 Å². The smallest absolute Gasteiger partial charge is 0.319 e. The molecule has 0 radical (unpaired) electrons. The second kappa shape index (κ2) is 12.2. The number of piperidine rings is 1. The number of carbonyl (C=O) groups is 1. The van der Waals surface area contributed by atoms with Gasteiger partial charge in [0.05, 0.1) is 43.7 Å². The molecule has 2 N–H and O–H groups in total. The zero-order valence-corrected chi connectivity index (χ0v) is 21.4. The van der Waals surface area contributed by atoms with Crippen molar-refractivity contribution in [3.05, 3.63) is 94.1 Å². The average Bonchev–Trinajstić information content (AvgIpc) is 2.90. The third kappa shape index (κ3) is 5.98. The molecule has 3 aromatic rings. The van der Waals surface area contributed by atoms with E-state index in [9.17, 15) is 9.90 Å². The molecule has 1 unspecified atom stereocenters. The van der Waals surface area contributed by atoms with Gasteiger partial charge in [0.25, 0.3) is 0 Å². The highest BCUT2D eigenvalue weighted by molar-refractivity contribution is 5.71. The van der Waals surface area contributed by atoms with Crippen molar-refractivity contribution in [3.63, 3.8) is 0 Å². The second-order valence-electron chi connectivity index (χ2n) is 9.49. The van der Waals surface area contributed by atoms with E-state index in [0.717, 1.165) is 47.3 Å². The minimum Gasteiger partial charge on any atom is -0.468 e. The van der Waals surface area contributed by atoms with E-state index in [-0.39, 0.29) is 31.2 Å². The summed E-state index contributed by atoms with van der Waals surface area (Å²) in [6.07, 6.45) is 6.93. The molecule has 7 nitrogen and oxygen atoms in total. The lowest BCUT2D eigenvalue weighted by Gasteiger charge is -2.43. The average molecular weight is 489 g/mol. The molecule has 0 saturated carbocycles. The van der Waals surface area contributed by atoms with E-state index in [4.69, 9.17) is 9.97 Å². The number of hydrogen-bond acceptors (Lipinski definition) is 7. The van der Waals surface area contributed by atoms with Crippen molar-refractivity contribution >= 4 is 5.97 Å². The molecule has 0 amide bonds. The number of rotatable bonds is 9. The molecule has 36 heavy (non-hydrogen) atoms. The van der Waals surface area contributed by atoms with E-state index < -0.39 is 0 Å². The molecule has 1 aliphatic rings. The quantitative estimate of drug-likeness (QED) is 0.434. The number of nitrogens with one attached hydrogen (secondary N) is 1. The second-order valence-corrected chi connectivity index (χ2v) is 9.49. The van der Waals surface area contributed by atoms with Crippen LogP contribution in [0.3, 0.4) is 0 Å². The van der Waals surface area contributed by atoms with Crippen LogP contribution in [0, 0.1) is 13.8 Å². The summed E-state index contributed by atoms with van der Waals surface area (Å²) in [6, 6.07) is 14.7. The Morgan fingerprint density at radius 3 is 2.22 bits per heavy atom. The predicted octanol–water partition coefficient (Wildman–Crippen LogP) is 4.32. The highest BCUT2D eigenvalue weighted by Gasteiger charge is 2.35. The van der Waals surface area contributed by atoms with Gasteiger partial charge in [0.15, 0.2) is 0 Å². The molecule has 7 heteroatoms. The maximum atomic E-state index is 11.4. The van der Waals surface area contributed by atoms with Gasteiger partial charge in [0.2, 0.25) is 0 Å². The van der Waals surface area contributed by atoms with Crippen LogP contribution in [-0.2, 0) is 29.2 Å². The van der Waals surface area contributed by atoms with Crippen molar-refractivity contribution in [2.24, 2.45) is 0 Å². The number of esters is 1. The van der Waals surface area contributed by atoms with Crippen LogP contribution in [0.1, 0.15) is 70.6 Å². The van der Waals surface area contributed by atoms with E-state index in [0.29, 0.717) is 13.1 Å². The number of ether oxygens (including phenoxy) is 1. The number of pyridine rings is 2. The molecule has 1 fully saturated rings. The Balaban J connectivity index is 1.65. The number of aliphatic hydroxyl groups is 1. The number of methoxy groups -OCH3 is 1. The number of nitrogens with zero attached hydrogens (tertiary/aromatic N) is 3. The number of benzene rings is 1. The lowest BCUT2D eigenvalue weighted by molar-refractivity contribution is -0.139. The third-order valence-electron chi connectivity index (χ3n) is 7.11. The van der Waals surface area contributed by atoms with Crippen LogP contribution in [0.4, 0.5) is 0 Å². The summed E-state index contributed by atoms with van der Waals surface area (Å²) in [7, 11) is 1.38. The summed E-state index contributed by atoms with van der Waals surface area (Å²) in [5.41, 5.74) is 7.62. The molecule has 1 aliphatic heterocycles. The maximum absolute atomic E-state index is 11.4. The van der Waals surface area contributed by atoms with Gasteiger partial charge in [-0.1, -0.05) is 30.3 Å². The van der Waals surface area contributed by atoms with E-state index in [1.165, 1.54) is 18.2 Å². The monoisotopic (exact) mass is 488 g/mol. The van der Waals surface area contributed by atoms with Crippen LogP contribution in [0.5, 0.6) is 0 Å². The summed E-state index contributed by atoms with van der Waals surface area (Å²) >= 11 is 0. The van der Waals surface area contributed by atoms with Gasteiger partial charge in [0.1, 0.15) is 0 Å². The first kappa shape index (κ1) is 25.9. The van der Waals surface area contributed by atoms with Gasteiger partial charge >= 0.3 is 5.97 Å². The molecular formula is C29H36N4O3. The molecule has 190 valence electrons. The number of aromatic nitrogens is 2. The Morgan fingerprint density at radius 1 is 1.03 bits per heavy atom. The van der Waals surface area contributed by atoms with Crippen LogP contribution in [0.15, 0.2) is 54.9 Å². The van der Waals surface area contributed by atoms with Crippen molar-refractivity contribution in [2.45, 2.75) is 64.9 Å². The molecule has 0 spiro atoms. The number of aliphatic hydroxyl groups excluding tert-OH is 1. The fraction of sp³-hybridized carbons (Fsp3) is 0.414. The first-order valence-electron chi connectivity index (χ1n) is 12.6. The van der Waals surface area contributed by atoms with Crippen molar-refractivity contribution in [2.75, 3.05) is 13.7 Å². The van der Waals surface area contributed by atoms with Crippen LogP contribution >= 0.6 is 0 Å². The van der Waals surface area contributed by atoms with E-state index in [1.807, 2.05) is 30.6 Å². The van der Waals surface area contributed by atoms with E-state index >= 15 is 0 Å². The molecule has 1 aromatic carbocycles. The first-order chi connectivity index (χ1) is 17.5. The van der Waals surface area contributed by atoms with Gasteiger partial charge in [-0.3, -0.25) is 19.7 Å². The Morgan fingerprint density at radius 2 is 1.67 bits per heavy atom. The lowest BCUT2D eigenvalue weighted by atomic mass is 9.88. The zero-order chi connectivity index (χ0) is 25.5. The molecule has 3 heterocycles. The molecule has 1 saturated heterocycles. The van der Waals surface area contributed by atoms with Gasteiger partial charge < -0.3 is 15.2 Å². The standard InChI is InChI=1S/C29H36N4O3/c1-20-7-5-13-31-28(20)25-9-4-10-26(29-21(2)8-6-14-32-29)33(25)18-23-12-11-22(15-24(23)19-34)16-30-17-27(35)36-3/h5-8,11-15,25-26,30,34H,4,9-10,16-19H2,1-3H3/t25-,26?/m0/s1. The molecule has 0 aliphatic carbocycles. The summed E-state index contributed by atoms with van der Waals surface area (Å²) in [5.74, 6) is -0.300. The number of likely N-dealkylation sites (tertiary alicyclic amines) is 1. The Kier molecular flexibility index (Phi) is 8.80. The minimum absolute atomic E-state index is 0.0470. The Labute approximate surface area is 213 Å². The summed E-state index contributed by atoms with van der Waals surface area (Å²) < 4.78 is 4.69. The molecule has 2 aromatic heterocycles. The van der Waals surface area contributed by atoms with Gasteiger partial charge in [-0.25, -0.2) is 0 Å². The van der Waals surface area contributed by atoms with Crippen LogP contribution in [-0.4, -0.2) is 39.6 Å². The summed E-state index contributed by atoms with van der Waals surface area (Å²) in [6.45, 7) is 5.58. The van der Waals surface area contributed by atoms with Crippen molar-refractivity contribution < 1.29 is 14.6 Å². The highest BCUT2D eigenvalue weighted by Crippen LogP contribution is 2.43. The van der Waals surface area contributed by atoms with Crippen LogP contribution in [0.2, 0.25) is 0 Å². The fourth-order valence-corrected chi connectivity index (χ4v) is 5.22. The van der Waals surface area contributed by atoms with Gasteiger partial charge in [-0.2, -0.15) is 0 Å². The number of hydrogen-bond donors (Lipinski definition) is 2. The van der Waals surface area contributed by atoms with Gasteiger partial charge in [0, 0.05) is 25.5 Å². The molecular weight excluding hydrogens is 452 g/mol. The third-order valence-corrected chi connectivity index (χ3v) is 7.11. The van der Waals surface area contributed by atoms with Crippen molar-refractivity contribution in [3.8, 4) is 0 Å². The van der Waals surface area contributed by atoms with Crippen molar-refractivity contribution in [1.29, 1.82) is 0 Å². The molecule has 0 bridgehead atoms.